The molecule has 12 heteroatoms. The van der Waals surface area contributed by atoms with Gasteiger partial charge in [-0.15, -0.1) is 0 Å². The first kappa shape index (κ1) is 29.9. The quantitative estimate of drug-likeness (QED) is 0.139. The summed E-state index contributed by atoms with van der Waals surface area (Å²) in [6.07, 6.45) is 1.74. The number of benzene rings is 3. The molecule has 0 radical (unpaired) electrons. The lowest BCUT2D eigenvalue weighted by atomic mass is 9.96. The number of methoxy groups -OCH3 is 1. The molecule has 3 aromatic carbocycles. The lowest BCUT2D eigenvalue weighted by Gasteiger charge is -2.25. The minimum absolute atomic E-state index is 0.00109. The van der Waals surface area contributed by atoms with Crippen LogP contribution in [0.2, 0.25) is 0 Å². The Balaban J connectivity index is 1.57. The number of nitrogens with zero attached hydrogens (tertiary/aromatic N) is 3. The molecule has 0 fully saturated rings. The average molecular weight is 665 g/mol. The number of halogens is 1. The van der Waals surface area contributed by atoms with Gasteiger partial charge >= 0.3 is 5.97 Å². The number of non-ortho nitro benzene ring substituents is 1. The van der Waals surface area contributed by atoms with Crippen LogP contribution in [-0.2, 0) is 16.1 Å². The summed E-state index contributed by atoms with van der Waals surface area (Å²) >= 11 is 4.73. The number of carbonyl (C=O) groups excluding carboxylic acids is 1. The molecular formula is C31H26BrN3O7S. The number of ether oxygens (including phenoxy) is 3. The van der Waals surface area contributed by atoms with Gasteiger partial charge in [0.2, 0.25) is 0 Å². The van der Waals surface area contributed by atoms with Gasteiger partial charge in [-0.05, 0) is 77.3 Å². The molecule has 0 aliphatic carbocycles. The molecule has 220 valence electrons. The number of nitro benzene ring substituents is 1. The molecule has 1 atom stereocenters. The van der Waals surface area contributed by atoms with E-state index >= 15 is 0 Å². The van der Waals surface area contributed by atoms with E-state index in [1.54, 1.807) is 51.3 Å². The van der Waals surface area contributed by atoms with Crippen molar-refractivity contribution < 1.29 is 23.9 Å². The van der Waals surface area contributed by atoms with Crippen LogP contribution in [0, 0.1) is 10.1 Å². The summed E-state index contributed by atoms with van der Waals surface area (Å²) in [7, 11) is 1.56. The third-order valence-corrected chi connectivity index (χ3v) is 8.36. The van der Waals surface area contributed by atoms with E-state index in [-0.39, 0.29) is 30.0 Å². The van der Waals surface area contributed by atoms with E-state index in [1.165, 1.54) is 28.0 Å². The number of hydrogen-bond donors (Lipinski definition) is 0. The standard InChI is InChI=1S/C31H26BrN3O7S/c1-4-41-30(37)27-18(2)33-31-34(28(27)21-11-14-25(40-3)23(32)15-21)29(36)26(43-31)16-20-7-5-6-8-24(20)42-17-19-9-12-22(13-10-19)35(38)39/h5-16,28H,4,17H2,1-3H3/b26-16+/t28-/m1/s1. The van der Waals surface area contributed by atoms with E-state index in [2.05, 4.69) is 20.9 Å². The number of rotatable bonds is 9. The highest BCUT2D eigenvalue weighted by atomic mass is 79.9. The number of hydrogen-bond acceptors (Lipinski definition) is 9. The summed E-state index contributed by atoms with van der Waals surface area (Å²) in [5.41, 5.74) is 2.54. The molecule has 0 saturated carbocycles. The number of esters is 1. The Kier molecular flexibility index (Phi) is 8.88. The number of fused-ring (bicyclic) bond motifs is 1. The van der Waals surface area contributed by atoms with Crippen LogP contribution in [-0.4, -0.2) is 29.2 Å². The first-order chi connectivity index (χ1) is 20.7. The molecule has 1 aliphatic rings. The molecular weight excluding hydrogens is 638 g/mol. The van der Waals surface area contributed by atoms with Crippen LogP contribution in [0.5, 0.6) is 11.5 Å². The van der Waals surface area contributed by atoms with Gasteiger partial charge in [0.15, 0.2) is 4.80 Å². The Bertz CT molecular complexity index is 1930. The van der Waals surface area contributed by atoms with E-state index in [0.29, 0.717) is 42.1 Å². The van der Waals surface area contributed by atoms with E-state index in [0.717, 1.165) is 5.56 Å². The zero-order chi connectivity index (χ0) is 30.7. The smallest absolute Gasteiger partial charge is 0.338 e. The molecule has 0 unspecified atom stereocenters. The number of carbonyl (C=O) groups is 1. The van der Waals surface area contributed by atoms with Crippen molar-refractivity contribution in [2.24, 2.45) is 4.99 Å². The summed E-state index contributed by atoms with van der Waals surface area (Å²) in [6, 6.07) is 18.0. The number of nitro groups is 1. The molecule has 4 aromatic rings. The largest absolute Gasteiger partial charge is 0.496 e. The van der Waals surface area contributed by atoms with Gasteiger partial charge in [0.25, 0.3) is 11.2 Å². The third kappa shape index (κ3) is 6.15. The Labute approximate surface area is 258 Å². The minimum atomic E-state index is -0.770. The van der Waals surface area contributed by atoms with Gasteiger partial charge < -0.3 is 14.2 Å². The maximum Gasteiger partial charge on any atom is 0.338 e. The Hall–Kier alpha value is -4.55. The molecule has 1 aromatic heterocycles. The van der Waals surface area contributed by atoms with Crippen molar-refractivity contribution in [3.8, 4) is 11.5 Å². The molecule has 0 saturated heterocycles. The topological polar surface area (TPSA) is 122 Å². The molecule has 2 heterocycles. The van der Waals surface area contributed by atoms with Gasteiger partial charge in [-0.3, -0.25) is 19.5 Å². The zero-order valence-electron chi connectivity index (χ0n) is 23.4. The number of allylic oxidation sites excluding steroid dienone is 1. The van der Waals surface area contributed by atoms with E-state index < -0.39 is 16.9 Å². The fraction of sp³-hybridized carbons (Fsp3) is 0.194. The number of thiazole rings is 1. The summed E-state index contributed by atoms with van der Waals surface area (Å²) in [6.45, 7) is 3.81. The molecule has 0 bridgehead atoms. The highest BCUT2D eigenvalue weighted by Crippen LogP contribution is 2.35. The van der Waals surface area contributed by atoms with Crippen LogP contribution in [0.1, 0.15) is 36.6 Å². The second-order valence-corrected chi connectivity index (χ2v) is 11.3. The van der Waals surface area contributed by atoms with Gasteiger partial charge in [-0.2, -0.15) is 0 Å². The van der Waals surface area contributed by atoms with Crippen molar-refractivity contribution in [1.29, 1.82) is 0 Å². The minimum Gasteiger partial charge on any atom is -0.496 e. The van der Waals surface area contributed by atoms with Crippen LogP contribution in [0.4, 0.5) is 5.69 Å². The Morgan fingerprint density at radius 2 is 1.88 bits per heavy atom. The SMILES string of the molecule is CCOC(=O)C1=C(C)N=c2s/c(=C/c3ccccc3OCc3ccc([N+](=O)[O-])cc3)c(=O)n2[C@@H]1c1ccc(OC)c(Br)c1. The second-order valence-electron chi connectivity index (χ2n) is 9.45. The second kappa shape index (κ2) is 12.8. The molecule has 0 amide bonds. The molecule has 0 N–H and O–H groups in total. The van der Waals surface area contributed by atoms with Gasteiger partial charge in [-0.1, -0.05) is 35.6 Å². The van der Waals surface area contributed by atoms with E-state index in [1.807, 2.05) is 30.3 Å². The van der Waals surface area contributed by atoms with Gasteiger partial charge in [0.1, 0.15) is 18.1 Å². The maximum absolute atomic E-state index is 14.0. The van der Waals surface area contributed by atoms with Crippen LogP contribution < -0.4 is 24.4 Å². The molecule has 10 nitrogen and oxygen atoms in total. The maximum atomic E-state index is 14.0. The lowest BCUT2D eigenvalue weighted by molar-refractivity contribution is -0.384. The van der Waals surface area contributed by atoms with Gasteiger partial charge in [-0.25, -0.2) is 9.79 Å². The zero-order valence-corrected chi connectivity index (χ0v) is 25.8. The number of para-hydroxylation sites is 1. The van der Waals surface area contributed by atoms with E-state index in [9.17, 15) is 19.7 Å². The molecule has 0 spiro atoms. The van der Waals surface area contributed by atoms with Crippen LogP contribution >= 0.6 is 27.3 Å². The Morgan fingerprint density at radius 3 is 2.56 bits per heavy atom. The highest BCUT2D eigenvalue weighted by Gasteiger charge is 2.33. The van der Waals surface area contributed by atoms with Gasteiger partial charge in [0.05, 0.1) is 45.0 Å². The van der Waals surface area contributed by atoms with Crippen molar-refractivity contribution in [1.82, 2.24) is 4.57 Å². The number of aromatic nitrogens is 1. The first-order valence-corrected chi connectivity index (χ1v) is 14.8. The van der Waals surface area contributed by atoms with Crippen molar-refractivity contribution in [2.75, 3.05) is 13.7 Å². The van der Waals surface area contributed by atoms with Gasteiger partial charge in [0, 0.05) is 17.7 Å². The van der Waals surface area contributed by atoms with Crippen LogP contribution in [0.3, 0.4) is 0 Å². The first-order valence-electron chi connectivity index (χ1n) is 13.2. The summed E-state index contributed by atoms with van der Waals surface area (Å²) in [5, 5.41) is 11.0. The summed E-state index contributed by atoms with van der Waals surface area (Å²) in [4.78, 5) is 42.7. The predicted octanol–water partition coefficient (Wildman–Crippen LogP) is 5.06. The normalized spacial score (nSPS) is 14.6. The van der Waals surface area contributed by atoms with Crippen molar-refractivity contribution in [3.05, 3.63) is 129 Å². The Morgan fingerprint density at radius 1 is 1.14 bits per heavy atom. The highest BCUT2D eigenvalue weighted by molar-refractivity contribution is 9.10. The summed E-state index contributed by atoms with van der Waals surface area (Å²) in [5.74, 6) is 0.602. The fourth-order valence-electron chi connectivity index (χ4n) is 4.71. The molecule has 43 heavy (non-hydrogen) atoms. The van der Waals surface area contributed by atoms with Crippen molar-refractivity contribution in [3.63, 3.8) is 0 Å². The lowest BCUT2D eigenvalue weighted by Crippen LogP contribution is -2.40. The molecule has 5 rings (SSSR count). The summed E-state index contributed by atoms with van der Waals surface area (Å²) < 4.78 is 19.4. The van der Waals surface area contributed by atoms with E-state index in [4.69, 9.17) is 14.2 Å². The average Bonchev–Trinajstić information content (AvgIpc) is 3.30. The van der Waals surface area contributed by atoms with Crippen LogP contribution in [0.25, 0.3) is 6.08 Å². The van der Waals surface area contributed by atoms with Crippen molar-refractivity contribution >= 4 is 45.0 Å². The van der Waals surface area contributed by atoms with Crippen molar-refractivity contribution in [2.45, 2.75) is 26.5 Å². The predicted molar refractivity (Wildman–Crippen MR) is 165 cm³/mol. The van der Waals surface area contributed by atoms with Crippen LogP contribution in [0.15, 0.2) is 92.3 Å². The monoisotopic (exact) mass is 663 g/mol. The molecule has 1 aliphatic heterocycles. The third-order valence-electron chi connectivity index (χ3n) is 6.76. The fourth-order valence-corrected chi connectivity index (χ4v) is 6.30.